The van der Waals surface area contributed by atoms with Crippen LogP contribution in [-0.2, 0) is 11.3 Å². The number of fused-ring (bicyclic) bond motifs is 1. The Morgan fingerprint density at radius 1 is 1.17 bits per heavy atom. The van der Waals surface area contributed by atoms with E-state index in [9.17, 15) is 4.79 Å². The Hall–Kier alpha value is -2.50. The van der Waals surface area contributed by atoms with Crippen molar-refractivity contribution in [3.05, 3.63) is 59.9 Å². The van der Waals surface area contributed by atoms with E-state index >= 15 is 0 Å². The molecule has 0 amide bonds. The molecule has 0 saturated carbocycles. The van der Waals surface area contributed by atoms with Gasteiger partial charge < -0.3 is 9.14 Å². The first kappa shape index (κ1) is 15.1. The zero-order chi connectivity index (χ0) is 16.4. The lowest BCUT2D eigenvalue weighted by Gasteiger charge is -2.26. The van der Waals surface area contributed by atoms with Crippen molar-refractivity contribution in [3.63, 3.8) is 0 Å². The second-order valence-corrected chi connectivity index (χ2v) is 6.00. The summed E-state index contributed by atoms with van der Waals surface area (Å²) < 4.78 is 7.39. The van der Waals surface area contributed by atoms with Crippen LogP contribution < -0.4 is 0 Å². The predicted molar refractivity (Wildman–Crippen MR) is 92.1 cm³/mol. The summed E-state index contributed by atoms with van der Waals surface area (Å²) >= 11 is 0. The van der Waals surface area contributed by atoms with E-state index in [2.05, 4.69) is 16.0 Å². The predicted octanol–water partition coefficient (Wildman–Crippen LogP) is 2.65. The number of aromatic nitrogens is 2. The monoisotopic (exact) mass is 321 g/mol. The average molecular weight is 321 g/mol. The fourth-order valence-electron chi connectivity index (χ4n) is 3.18. The summed E-state index contributed by atoms with van der Waals surface area (Å²) in [6, 6.07) is 11.9. The second kappa shape index (κ2) is 6.55. The molecule has 0 atom stereocenters. The average Bonchev–Trinajstić information content (AvgIpc) is 3.02. The Bertz CT molecular complexity index is 849. The molecule has 122 valence electrons. The van der Waals surface area contributed by atoms with Gasteiger partial charge in [0, 0.05) is 43.1 Å². The molecule has 0 N–H and O–H groups in total. The highest BCUT2D eigenvalue weighted by Gasteiger charge is 2.14. The van der Waals surface area contributed by atoms with Crippen LogP contribution in [0.3, 0.4) is 0 Å². The van der Waals surface area contributed by atoms with Gasteiger partial charge in [0.05, 0.1) is 24.6 Å². The van der Waals surface area contributed by atoms with Crippen LogP contribution in [0.4, 0.5) is 0 Å². The summed E-state index contributed by atoms with van der Waals surface area (Å²) in [6.07, 6.45) is 4.76. The zero-order valence-electron chi connectivity index (χ0n) is 13.4. The summed E-state index contributed by atoms with van der Waals surface area (Å²) in [5.74, 6) is 0. The van der Waals surface area contributed by atoms with Crippen molar-refractivity contribution in [3.8, 4) is 11.4 Å². The van der Waals surface area contributed by atoms with E-state index in [-0.39, 0.29) is 0 Å². The third-order valence-corrected chi connectivity index (χ3v) is 4.41. The molecule has 0 unspecified atom stereocenters. The maximum Gasteiger partial charge on any atom is 0.152 e. The Labute approximate surface area is 140 Å². The minimum Gasteiger partial charge on any atom is -0.379 e. The number of hydrogen-bond donors (Lipinski definition) is 0. The number of carbonyl (C=O) groups excluding carboxylic acids is 1. The van der Waals surface area contributed by atoms with E-state index in [0.717, 1.165) is 56.0 Å². The first-order valence-electron chi connectivity index (χ1n) is 8.16. The Morgan fingerprint density at radius 3 is 2.79 bits per heavy atom. The minimum absolute atomic E-state index is 0.662. The molecule has 3 aromatic rings. The molecular formula is C19H19N3O2. The van der Waals surface area contributed by atoms with Gasteiger partial charge in [-0.15, -0.1) is 0 Å². The number of pyridine rings is 2. The van der Waals surface area contributed by atoms with Gasteiger partial charge in [-0.2, -0.15) is 0 Å². The molecule has 1 saturated heterocycles. The lowest BCUT2D eigenvalue weighted by atomic mass is 10.1. The van der Waals surface area contributed by atoms with E-state index in [0.29, 0.717) is 5.56 Å². The molecule has 0 aliphatic carbocycles. The molecule has 5 nitrogen and oxygen atoms in total. The molecule has 3 aromatic heterocycles. The molecule has 0 radical (unpaired) electrons. The van der Waals surface area contributed by atoms with Gasteiger partial charge in [0.15, 0.2) is 6.29 Å². The Kier molecular flexibility index (Phi) is 4.11. The number of hydrogen-bond acceptors (Lipinski definition) is 4. The fraction of sp³-hybridized carbons (Fsp3) is 0.263. The van der Waals surface area contributed by atoms with Gasteiger partial charge in [-0.3, -0.25) is 14.7 Å². The summed E-state index contributed by atoms with van der Waals surface area (Å²) in [7, 11) is 0. The van der Waals surface area contributed by atoms with Crippen LogP contribution in [0.25, 0.3) is 16.9 Å². The van der Waals surface area contributed by atoms with Gasteiger partial charge in [0.25, 0.3) is 0 Å². The van der Waals surface area contributed by atoms with Crippen LogP contribution in [0.2, 0.25) is 0 Å². The molecule has 4 heterocycles. The summed E-state index contributed by atoms with van der Waals surface area (Å²) in [5, 5.41) is 0. The molecule has 0 aromatic carbocycles. The van der Waals surface area contributed by atoms with Gasteiger partial charge in [-0.25, -0.2) is 0 Å². The van der Waals surface area contributed by atoms with E-state index in [4.69, 9.17) is 4.74 Å². The van der Waals surface area contributed by atoms with Crippen molar-refractivity contribution >= 4 is 11.8 Å². The molecule has 4 rings (SSSR count). The molecule has 0 bridgehead atoms. The van der Waals surface area contributed by atoms with Gasteiger partial charge in [-0.05, 0) is 29.8 Å². The van der Waals surface area contributed by atoms with Crippen LogP contribution >= 0.6 is 0 Å². The number of ether oxygens (including phenoxy) is 1. The molecule has 0 spiro atoms. The molecule has 1 aliphatic heterocycles. The van der Waals surface area contributed by atoms with Crippen molar-refractivity contribution in [1.29, 1.82) is 0 Å². The third kappa shape index (κ3) is 2.84. The fourth-order valence-corrected chi connectivity index (χ4v) is 3.18. The number of aldehydes is 1. The van der Waals surface area contributed by atoms with Crippen molar-refractivity contribution in [1.82, 2.24) is 14.3 Å². The van der Waals surface area contributed by atoms with Gasteiger partial charge in [0.1, 0.15) is 0 Å². The largest absolute Gasteiger partial charge is 0.379 e. The highest BCUT2D eigenvalue weighted by molar-refractivity contribution is 5.89. The highest BCUT2D eigenvalue weighted by atomic mass is 16.5. The van der Waals surface area contributed by atoms with Gasteiger partial charge >= 0.3 is 0 Å². The van der Waals surface area contributed by atoms with Gasteiger partial charge in [0.2, 0.25) is 0 Å². The smallest absolute Gasteiger partial charge is 0.152 e. The van der Waals surface area contributed by atoms with E-state index in [1.165, 1.54) is 5.56 Å². The minimum atomic E-state index is 0.662. The van der Waals surface area contributed by atoms with Crippen LogP contribution in [-0.4, -0.2) is 46.9 Å². The summed E-state index contributed by atoms with van der Waals surface area (Å²) in [5.41, 5.74) is 4.49. The number of rotatable bonds is 4. The van der Waals surface area contributed by atoms with E-state index in [1.807, 2.05) is 47.1 Å². The van der Waals surface area contributed by atoms with Gasteiger partial charge in [-0.1, -0.05) is 12.1 Å². The number of carbonyl (C=O) groups is 1. The summed E-state index contributed by atoms with van der Waals surface area (Å²) in [4.78, 5) is 18.4. The lowest BCUT2D eigenvalue weighted by Crippen LogP contribution is -2.35. The Balaban J connectivity index is 1.64. The first-order chi connectivity index (χ1) is 11.8. The van der Waals surface area contributed by atoms with Crippen LogP contribution in [0, 0.1) is 0 Å². The van der Waals surface area contributed by atoms with Crippen molar-refractivity contribution < 1.29 is 9.53 Å². The second-order valence-electron chi connectivity index (χ2n) is 6.00. The van der Waals surface area contributed by atoms with E-state index in [1.54, 1.807) is 0 Å². The summed E-state index contributed by atoms with van der Waals surface area (Å²) in [6.45, 7) is 4.39. The SMILES string of the molecule is O=Cc1cc2ccccn2c1-c1ccc(CN2CCOCC2)cn1. The number of morpholine rings is 1. The molecule has 24 heavy (non-hydrogen) atoms. The molecule has 1 fully saturated rings. The zero-order valence-corrected chi connectivity index (χ0v) is 13.4. The van der Waals surface area contributed by atoms with Crippen molar-refractivity contribution in [2.45, 2.75) is 6.54 Å². The molecule has 5 heteroatoms. The van der Waals surface area contributed by atoms with Crippen LogP contribution in [0.5, 0.6) is 0 Å². The molecular weight excluding hydrogens is 302 g/mol. The molecule has 1 aliphatic rings. The Morgan fingerprint density at radius 2 is 2.04 bits per heavy atom. The quantitative estimate of drug-likeness (QED) is 0.693. The number of nitrogens with zero attached hydrogens (tertiary/aromatic N) is 3. The van der Waals surface area contributed by atoms with Crippen molar-refractivity contribution in [2.24, 2.45) is 0 Å². The van der Waals surface area contributed by atoms with Crippen molar-refractivity contribution in [2.75, 3.05) is 26.3 Å². The third-order valence-electron chi connectivity index (χ3n) is 4.41. The van der Waals surface area contributed by atoms with E-state index < -0.39 is 0 Å². The maximum absolute atomic E-state index is 11.4. The highest BCUT2D eigenvalue weighted by Crippen LogP contribution is 2.25. The maximum atomic E-state index is 11.4. The van der Waals surface area contributed by atoms with Crippen LogP contribution in [0.1, 0.15) is 15.9 Å². The van der Waals surface area contributed by atoms with Crippen LogP contribution in [0.15, 0.2) is 48.8 Å². The normalized spacial score (nSPS) is 15.7. The first-order valence-corrected chi connectivity index (χ1v) is 8.16. The lowest BCUT2D eigenvalue weighted by molar-refractivity contribution is 0.0341. The standard InChI is InChI=1S/C19H19N3O2/c23-14-16-11-17-3-1-2-6-22(17)19(16)18-5-4-15(12-20-18)13-21-7-9-24-10-8-21/h1-6,11-12,14H,7-10,13H2. The topological polar surface area (TPSA) is 46.8 Å².